The summed E-state index contributed by atoms with van der Waals surface area (Å²) in [5, 5.41) is 6.73. The van der Waals surface area contributed by atoms with Crippen molar-refractivity contribution < 1.29 is 9.15 Å². The smallest absolute Gasteiger partial charge is 0.226 e. The van der Waals surface area contributed by atoms with Gasteiger partial charge in [0, 0.05) is 38.9 Å². The highest BCUT2D eigenvalue weighted by atomic mass is 16.5. The molecule has 1 unspecified atom stereocenters. The molecule has 7 heteroatoms. The van der Waals surface area contributed by atoms with Crippen molar-refractivity contribution >= 4 is 5.96 Å². The van der Waals surface area contributed by atoms with Gasteiger partial charge in [0.05, 0.1) is 18.8 Å². The molecule has 146 valence electrons. The van der Waals surface area contributed by atoms with Crippen LogP contribution in [0.5, 0.6) is 0 Å². The topological polar surface area (TPSA) is 74.9 Å². The molecule has 1 aliphatic rings. The second kappa shape index (κ2) is 10.1. The minimum absolute atomic E-state index is 0.524. The summed E-state index contributed by atoms with van der Waals surface area (Å²) in [6.45, 7) is 4.34. The highest BCUT2D eigenvalue weighted by Gasteiger charge is 2.23. The van der Waals surface area contributed by atoms with E-state index >= 15 is 0 Å². The summed E-state index contributed by atoms with van der Waals surface area (Å²) in [7, 11) is 3.53. The zero-order valence-corrected chi connectivity index (χ0v) is 16.1. The Labute approximate surface area is 160 Å². The molecule has 1 aromatic carbocycles. The third-order valence-corrected chi connectivity index (χ3v) is 4.82. The number of hydrogen-bond donors (Lipinski definition) is 2. The summed E-state index contributed by atoms with van der Waals surface area (Å²) < 4.78 is 10.8. The van der Waals surface area contributed by atoms with Crippen LogP contribution in [-0.2, 0) is 11.3 Å². The Kier molecular flexibility index (Phi) is 7.24. The number of aromatic nitrogens is 1. The minimum Gasteiger partial charge on any atom is -0.444 e. The Balaban J connectivity index is 1.46. The Morgan fingerprint density at radius 1 is 1.33 bits per heavy atom. The van der Waals surface area contributed by atoms with Crippen molar-refractivity contribution in [2.75, 3.05) is 40.4 Å². The van der Waals surface area contributed by atoms with E-state index in [9.17, 15) is 0 Å². The predicted octanol–water partition coefficient (Wildman–Crippen LogP) is 2.12. The monoisotopic (exact) mass is 371 g/mol. The molecule has 1 saturated heterocycles. The number of rotatable bonds is 8. The molecule has 1 aliphatic heterocycles. The summed E-state index contributed by atoms with van der Waals surface area (Å²) >= 11 is 0. The normalized spacial score (nSPS) is 18.0. The molecule has 0 radical (unpaired) electrons. The van der Waals surface area contributed by atoms with Gasteiger partial charge in [-0.1, -0.05) is 18.2 Å². The Bertz CT molecular complexity index is 716. The molecule has 1 fully saturated rings. The lowest BCUT2D eigenvalue weighted by molar-refractivity contribution is 0.141. The summed E-state index contributed by atoms with van der Waals surface area (Å²) in [5.74, 6) is 1.41. The van der Waals surface area contributed by atoms with Gasteiger partial charge in [0.2, 0.25) is 5.89 Å². The average molecular weight is 371 g/mol. The second-order valence-corrected chi connectivity index (χ2v) is 6.64. The lowest BCUT2D eigenvalue weighted by atomic mass is 10.2. The highest BCUT2D eigenvalue weighted by molar-refractivity contribution is 5.79. The molecule has 2 N–H and O–H groups in total. The van der Waals surface area contributed by atoms with Crippen molar-refractivity contribution in [1.82, 2.24) is 20.5 Å². The van der Waals surface area contributed by atoms with Gasteiger partial charge < -0.3 is 19.8 Å². The van der Waals surface area contributed by atoms with E-state index in [-0.39, 0.29) is 0 Å². The maximum Gasteiger partial charge on any atom is 0.226 e. The molecule has 1 atom stereocenters. The maximum atomic E-state index is 5.58. The molecule has 3 rings (SSSR count). The fraction of sp³-hybridized carbons (Fsp3) is 0.500. The molecule has 2 aromatic rings. The molecule has 0 spiro atoms. The summed E-state index contributed by atoms with van der Waals surface area (Å²) in [6.07, 6.45) is 4.13. The molecule has 27 heavy (non-hydrogen) atoms. The van der Waals surface area contributed by atoms with Gasteiger partial charge in [-0.05, 0) is 31.5 Å². The van der Waals surface area contributed by atoms with E-state index in [1.54, 1.807) is 20.4 Å². The number of likely N-dealkylation sites (tertiary alicyclic amines) is 1. The number of nitrogens with one attached hydrogen (secondary N) is 2. The molecule has 1 aromatic heterocycles. The number of methoxy groups -OCH3 is 1. The third-order valence-electron chi connectivity index (χ3n) is 4.82. The molecule has 0 bridgehead atoms. The minimum atomic E-state index is 0.524. The lowest BCUT2D eigenvalue weighted by Gasteiger charge is -2.25. The van der Waals surface area contributed by atoms with Crippen molar-refractivity contribution in [3.63, 3.8) is 0 Å². The van der Waals surface area contributed by atoms with E-state index in [1.807, 2.05) is 30.3 Å². The van der Waals surface area contributed by atoms with Crippen molar-refractivity contribution in [2.45, 2.75) is 25.4 Å². The van der Waals surface area contributed by atoms with E-state index in [1.165, 1.54) is 12.8 Å². The van der Waals surface area contributed by atoms with Crippen LogP contribution >= 0.6 is 0 Å². The number of hydrogen-bond acceptors (Lipinski definition) is 5. The van der Waals surface area contributed by atoms with Gasteiger partial charge in [-0.3, -0.25) is 9.89 Å². The Morgan fingerprint density at radius 3 is 2.96 bits per heavy atom. The number of benzene rings is 1. The van der Waals surface area contributed by atoms with Crippen molar-refractivity contribution in [3.05, 3.63) is 42.3 Å². The molecule has 2 heterocycles. The predicted molar refractivity (Wildman–Crippen MR) is 107 cm³/mol. The zero-order valence-electron chi connectivity index (χ0n) is 16.1. The first-order chi connectivity index (χ1) is 13.3. The molecule has 7 nitrogen and oxygen atoms in total. The van der Waals surface area contributed by atoms with Crippen molar-refractivity contribution in [3.8, 4) is 11.5 Å². The van der Waals surface area contributed by atoms with E-state index in [0.717, 1.165) is 43.5 Å². The SMILES string of the molecule is CN=C(NCc1coc(-c2ccccc2)n1)NCC1CCCN1CCOC. The zero-order chi connectivity index (χ0) is 18.9. The van der Waals surface area contributed by atoms with E-state index in [4.69, 9.17) is 9.15 Å². The van der Waals surface area contributed by atoms with Crippen LogP contribution in [0.3, 0.4) is 0 Å². The van der Waals surface area contributed by atoms with Crippen LogP contribution in [0.25, 0.3) is 11.5 Å². The Hall–Kier alpha value is -2.38. The molecule has 0 amide bonds. The van der Waals surface area contributed by atoms with Crippen molar-refractivity contribution in [1.29, 1.82) is 0 Å². The largest absolute Gasteiger partial charge is 0.444 e. The number of oxazole rings is 1. The fourth-order valence-corrected chi connectivity index (χ4v) is 3.34. The number of guanidine groups is 1. The number of ether oxygens (including phenoxy) is 1. The van der Waals surface area contributed by atoms with E-state index in [2.05, 4.69) is 25.5 Å². The standard InChI is InChI=1S/C20H29N5O2/c1-21-20(23-14-18-9-6-10-25(18)11-12-26-2)22-13-17-15-27-19(24-17)16-7-4-3-5-8-16/h3-5,7-8,15,18H,6,9-14H2,1-2H3,(H2,21,22,23). The lowest BCUT2D eigenvalue weighted by Crippen LogP contribution is -2.45. The van der Waals surface area contributed by atoms with Crippen molar-refractivity contribution in [2.24, 2.45) is 4.99 Å². The van der Waals surface area contributed by atoms with Gasteiger partial charge in [0.15, 0.2) is 5.96 Å². The highest BCUT2D eigenvalue weighted by Crippen LogP contribution is 2.18. The first-order valence-electron chi connectivity index (χ1n) is 9.47. The second-order valence-electron chi connectivity index (χ2n) is 6.64. The quantitative estimate of drug-likeness (QED) is 0.547. The van der Waals surface area contributed by atoms with Crippen LogP contribution in [0.1, 0.15) is 18.5 Å². The molecule has 0 aliphatic carbocycles. The van der Waals surface area contributed by atoms with Gasteiger partial charge in [-0.15, -0.1) is 0 Å². The maximum absolute atomic E-state index is 5.58. The summed E-state index contributed by atoms with van der Waals surface area (Å²) in [5.41, 5.74) is 1.82. The van der Waals surface area contributed by atoms with E-state index < -0.39 is 0 Å². The third kappa shape index (κ3) is 5.55. The average Bonchev–Trinajstić information content (AvgIpc) is 3.36. The summed E-state index contributed by atoms with van der Waals surface area (Å²) in [6, 6.07) is 10.4. The summed E-state index contributed by atoms with van der Waals surface area (Å²) in [4.78, 5) is 11.3. The van der Waals surface area contributed by atoms with Crippen LogP contribution in [-0.4, -0.2) is 62.3 Å². The molecule has 0 saturated carbocycles. The number of nitrogens with zero attached hydrogens (tertiary/aromatic N) is 3. The van der Waals surface area contributed by atoms with Crippen LogP contribution in [0.15, 0.2) is 46.0 Å². The first-order valence-corrected chi connectivity index (χ1v) is 9.47. The van der Waals surface area contributed by atoms with Crippen LogP contribution < -0.4 is 10.6 Å². The van der Waals surface area contributed by atoms with Gasteiger partial charge in [-0.2, -0.15) is 0 Å². The Morgan fingerprint density at radius 2 is 2.19 bits per heavy atom. The van der Waals surface area contributed by atoms with Crippen LogP contribution in [0, 0.1) is 0 Å². The van der Waals surface area contributed by atoms with E-state index in [0.29, 0.717) is 18.5 Å². The van der Waals surface area contributed by atoms with Gasteiger partial charge in [0.1, 0.15) is 6.26 Å². The van der Waals surface area contributed by atoms with Gasteiger partial charge in [0.25, 0.3) is 0 Å². The van der Waals surface area contributed by atoms with Gasteiger partial charge in [-0.25, -0.2) is 4.98 Å². The van der Waals surface area contributed by atoms with Crippen LogP contribution in [0.2, 0.25) is 0 Å². The van der Waals surface area contributed by atoms with Gasteiger partial charge >= 0.3 is 0 Å². The van der Waals surface area contributed by atoms with Crippen LogP contribution in [0.4, 0.5) is 0 Å². The fourth-order valence-electron chi connectivity index (χ4n) is 3.34. The first kappa shape index (κ1) is 19.4. The molecular formula is C20H29N5O2. The molecular weight excluding hydrogens is 342 g/mol. The number of aliphatic imine (C=N–C) groups is 1.